The molecule has 0 fully saturated rings. The summed E-state index contributed by atoms with van der Waals surface area (Å²) in [4.78, 5) is 11.1. The van der Waals surface area contributed by atoms with Crippen molar-refractivity contribution in [3.05, 3.63) is 0 Å². The molecule has 0 rings (SSSR count). The second kappa shape index (κ2) is 8.72. The van der Waals surface area contributed by atoms with Crippen LogP contribution in [-0.2, 0) is 14.3 Å². The van der Waals surface area contributed by atoms with E-state index in [9.17, 15) is 4.79 Å². The molecule has 0 saturated carbocycles. The first-order valence-electron chi connectivity index (χ1n) is 5.85. The van der Waals surface area contributed by atoms with Crippen molar-refractivity contribution in [3.8, 4) is 0 Å². The monoisotopic (exact) mass is 216 g/mol. The summed E-state index contributed by atoms with van der Waals surface area (Å²) >= 11 is 0. The van der Waals surface area contributed by atoms with Crippen molar-refractivity contribution in [2.75, 3.05) is 13.7 Å². The molecule has 0 aromatic heterocycles. The third kappa shape index (κ3) is 6.50. The summed E-state index contributed by atoms with van der Waals surface area (Å²) < 4.78 is 10.1. The standard InChI is InChI=1S/C12H24O3/c1-5-7-8-11(6-2)9-15-10(3)12(13)14-4/h10-11H,5-9H2,1-4H3. The van der Waals surface area contributed by atoms with Gasteiger partial charge in [-0.25, -0.2) is 4.79 Å². The molecule has 0 spiro atoms. The van der Waals surface area contributed by atoms with E-state index < -0.39 is 6.10 Å². The highest BCUT2D eigenvalue weighted by Crippen LogP contribution is 2.13. The maximum Gasteiger partial charge on any atom is 0.334 e. The summed E-state index contributed by atoms with van der Waals surface area (Å²) in [6.45, 7) is 6.74. The number of rotatable bonds is 8. The highest BCUT2D eigenvalue weighted by Gasteiger charge is 2.15. The van der Waals surface area contributed by atoms with E-state index in [-0.39, 0.29) is 5.97 Å². The molecular formula is C12H24O3. The normalized spacial score (nSPS) is 14.7. The molecule has 0 bridgehead atoms. The molecule has 0 saturated heterocycles. The van der Waals surface area contributed by atoms with Gasteiger partial charge in [0.25, 0.3) is 0 Å². The Morgan fingerprint density at radius 1 is 1.33 bits per heavy atom. The van der Waals surface area contributed by atoms with Crippen LogP contribution in [0.4, 0.5) is 0 Å². The van der Waals surface area contributed by atoms with Crippen molar-refractivity contribution in [1.29, 1.82) is 0 Å². The molecule has 0 radical (unpaired) electrons. The smallest absolute Gasteiger partial charge is 0.334 e. The molecule has 3 nitrogen and oxygen atoms in total. The van der Waals surface area contributed by atoms with Gasteiger partial charge in [0.15, 0.2) is 6.10 Å². The SMILES string of the molecule is CCCCC(CC)COC(C)C(=O)OC. The summed E-state index contributed by atoms with van der Waals surface area (Å²) in [5.41, 5.74) is 0. The second-order valence-corrected chi connectivity index (χ2v) is 3.92. The van der Waals surface area contributed by atoms with Crippen LogP contribution in [0, 0.1) is 5.92 Å². The van der Waals surface area contributed by atoms with Gasteiger partial charge >= 0.3 is 5.97 Å². The number of unbranched alkanes of at least 4 members (excludes halogenated alkanes) is 1. The van der Waals surface area contributed by atoms with Crippen LogP contribution < -0.4 is 0 Å². The Morgan fingerprint density at radius 3 is 2.47 bits per heavy atom. The van der Waals surface area contributed by atoms with Gasteiger partial charge in [-0.15, -0.1) is 0 Å². The molecule has 0 aliphatic heterocycles. The minimum Gasteiger partial charge on any atom is -0.467 e. The molecule has 3 heteroatoms. The van der Waals surface area contributed by atoms with Crippen LogP contribution in [0.25, 0.3) is 0 Å². The van der Waals surface area contributed by atoms with Crippen molar-refractivity contribution in [2.24, 2.45) is 5.92 Å². The van der Waals surface area contributed by atoms with Crippen molar-refractivity contribution < 1.29 is 14.3 Å². The van der Waals surface area contributed by atoms with Gasteiger partial charge in [0.1, 0.15) is 0 Å². The number of esters is 1. The number of carbonyl (C=O) groups excluding carboxylic acids is 1. The molecule has 0 aromatic carbocycles. The van der Waals surface area contributed by atoms with Gasteiger partial charge in [-0.05, 0) is 19.3 Å². The molecule has 0 heterocycles. The Hall–Kier alpha value is -0.570. The van der Waals surface area contributed by atoms with Crippen LogP contribution in [0.1, 0.15) is 46.5 Å². The first kappa shape index (κ1) is 14.4. The van der Waals surface area contributed by atoms with Gasteiger partial charge in [0.2, 0.25) is 0 Å². The fourth-order valence-corrected chi connectivity index (χ4v) is 1.41. The number of hydrogen-bond acceptors (Lipinski definition) is 3. The van der Waals surface area contributed by atoms with E-state index in [4.69, 9.17) is 4.74 Å². The maximum atomic E-state index is 11.1. The molecule has 2 unspecified atom stereocenters. The lowest BCUT2D eigenvalue weighted by molar-refractivity contribution is -0.153. The molecule has 15 heavy (non-hydrogen) atoms. The summed E-state index contributed by atoms with van der Waals surface area (Å²) in [6.07, 6.45) is 4.29. The van der Waals surface area contributed by atoms with Gasteiger partial charge < -0.3 is 9.47 Å². The minimum absolute atomic E-state index is 0.291. The molecule has 0 N–H and O–H groups in total. The van der Waals surface area contributed by atoms with Gasteiger partial charge in [-0.3, -0.25) is 0 Å². The van der Waals surface area contributed by atoms with Crippen LogP contribution in [0.5, 0.6) is 0 Å². The first-order chi connectivity index (χ1) is 7.15. The number of ether oxygens (including phenoxy) is 2. The third-order valence-corrected chi connectivity index (χ3v) is 2.66. The van der Waals surface area contributed by atoms with Crippen LogP contribution >= 0.6 is 0 Å². The number of carbonyl (C=O) groups is 1. The average molecular weight is 216 g/mol. The Labute approximate surface area is 93.1 Å². The van der Waals surface area contributed by atoms with E-state index in [1.54, 1.807) is 6.92 Å². The Bertz CT molecular complexity index is 168. The molecular weight excluding hydrogens is 192 g/mol. The lowest BCUT2D eigenvalue weighted by Crippen LogP contribution is -2.24. The largest absolute Gasteiger partial charge is 0.467 e. The summed E-state index contributed by atoms with van der Waals surface area (Å²) in [5.74, 6) is 0.275. The summed E-state index contributed by atoms with van der Waals surface area (Å²) in [6, 6.07) is 0. The summed E-state index contributed by atoms with van der Waals surface area (Å²) in [5, 5.41) is 0. The van der Waals surface area contributed by atoms with Gasteiger partial charge in [0, 0.05) is 0 Å². The van der Waals surface area contributed by atoms with E-state index in [1.165, 1.54) is 26.4 Å². The van der Waals surface area contributed by atoms with E-state index in [0.29, 0.717) is 12.5 Å². The zero-order valence-electron chi connectivity index (χ0n) is 10.4. The molecule has 0 aliphatic rings. The molecule has 2 atom stereocenters. The van der Waals surface area contributed by atoms with Crippen molar-refractivity contribution >= 4 is 5.97 Å². The predicted molar refractivity (Wildman–Crippen MR) is 60.7 cm³/mol. The fraction of sp³-hybridized carbons (Fsp3) is 0.917. The molecule has 0 aliphatic carbocycles. The molecule has 0 aromatic rings. The van der Waals surface area contributed by atoms with E-state index >= 15 is 0 Å². The second-order valence-electron chi connectivity index (χ2n) is 3.92. The highest BCUT2D eigenvalue weighted by atomic mass is 16.6. The van der Waals surface area contributed by atoms with Crippen molar-refractivity contribution in [1.82, 2.24) is 0 Å². The van der Waals surface area contributed by atoms with Gasteiger partial charge in [-0.2, -0.15) is 0 Å². The van der Waals surface area contributed by atoms with Crippen LogP contribution in [-0.4, -0.2) is 25.8 Å². The lowest BCUT2D eigenvalue weighted by atomic mass is 10.0. The lowest BCUT2D eigenvalue weighted by Gasteiger charge is -2.17. The van der Waals surface area contributed by atoms with E-state index in [1.807, 2.05) is 0 Å². The molecule has 0 amide bonds. The highest BCUT2D eigenvalue weighted by molar-refractivity contribution is 5.73. The fourth-order valence-electron chi connectivity index (χ4n) is 1.41. The predicted octanol–water partition coefficient (Wildman–Crippen LogP) is 2.78. The minimum atomic E-state index is -0.439. The third-order valence-electron chi connectivity index (χ3n) is 2.66. The Kier molecular flexibility index (Phi) is 8.38. The quantitative estimate of drug-likeness (QED) is 0.585. The average Bonchev–Trinajstić information content (AvgIpc) is 2.27. The zero-order chi connectivity index (χ0) is 11.7. The van der Waals surface area contributed by atoms with Crippen LogP contribution in [0.2, 0.25) is 0 Å². The van der Waals surface area contributed by atoms with Crippen LogP contribution in [0.15, 0.2) is 0 Å². The van der Waals surface area contributed by atoms with Gasteiger partial charge in [-0.1, -0.05) is 33.1 Å². The van der Waals surface area contributed by atoms with Crippen molar-refractivity contribution in [3.63, 3.8) is 0 Å². The van der Waals surface area contributed by atoms with Crippen molar-refractivity contribution in [2.45, 2.75) is 52.6 Å². The maximum absolute atomic E-state index is 11.1. The van der Waals surface area contributed by atoms with E-state index in [2.05, 4.69) is 18.6 Å². The van der Waals surface area contributed by atoms with Gasteiger partial charge in [0.05, 0.1) is 13.7 Å². The number of hydrogen-bond donors (Lipinski definition) is 0. The van der Waals surface area contributed by atoms with E-state index in [0.717, 1.165) is 6.42 Å². The Balaban J connectivity index is 3.74. The number of methoxy groups -OCH3 is 1. The molecule has 90 valence electrons. The topological polar surface area (TPSA) is 35.5 Å². The summed E-state index contributed by atoms with van der Waals surface area (Å²) in [7, 11) is 1.39. The first-order valence-corrected chi connectivity index (χ1v) is 5.85. The van der Waals surface area contributed by atoms with Crippen LogP contribution in [0.3, 0.4) is 0 Å². The Morgan fingerprint density at radius 2 is 2.00 bits per heavy atom. The zero-order valence-corrected chi connectivity index (χ0v) is 10.4.